The van der Waals surface area contributed by atoms with Crippen LogP contribution in [0.4, 0.5) is 0 Å². The molecular formula is C21H24N6O. The minimum Gasteiger partial charge on any atom is -0.508 e. The van der Waals surface area contributed by atoms with Crippen LogP contribution in [0.15, 0.2) is 61.2 Å². The zero-order valence-electron chi connectivity index (χ0n) is 15.7. The van der Waals surface area contributed by atoms with E-state index in [1.54, 1.807) is 6.07 Å². The maximum atomic E-state index is 10.0. The summed E-state index contributed by atoms with van der Waals surface area (Å²) in [6.07, 6.45) is 1.96. The highest BCUT2D eigenvalue weighted by atomic mass is 16.3. The van der Waals surface area contributed by atoms with Crippen LogP contribution in [0.1, 0.15) is 17.2 Å². The van der Waals surface area contributed by atoms with Gasteiger partial charge in [-0.05, 0) is 28.5 Å². The fourth-order valence-electron chi connectivity index (χ4n) is 3.79. The van der Waals surface area contributed by atoms with Gasteiger partial charge in [-0.25, -0.2) is 0 Å². The molecule has 0 bridgehead atoms. The number of nitrogens with zero attached hydrogens (tertiary/aromatic N) is 5. The second-order valence-corrected chi connectivity index (χ2v) is 6.98. The number of hydrogen-bond donors (Lipinski definition) is 2. The van der Waals surface area contributed by atoms with Crippen molar-refractivity contribution >= 4 is 0 Å². The summed E-state index contributed by atoms with van der Waals surface area (Å²) >= 11 is 0. The van der Waals surface area contributed by atoms with Crippen molar-refractivity contribution in [2.24, 2.45) is 0 Å². The van der Waals surface area contributed by atoms with Crippen molar-refractivity contribution in [1.82, 2.24) is 30.4 Å². The lowest BCUT2D eigenvalue weighted by molar-refractivity contribution is 0.117. The lowest BCUT2D eigenvalue weighted by atomic mass is 9.95. The molecule has 1 fully saturated rings. The van der Waals surface area contributed by atoms with Gasteiger partial charge < -0.3 is 5.11 Å². The second-order valence-electron chi connectivity index (χ2n) is 6.98. The van der Waals surface area contributed by atoms with E-state index >= 15 is 0 Å². The Balaban J connectivity index is 1.63. The summed E-state index contributed by atoms with van der Waals surface area (Å²) in [5.74, 6) is 0.870. The van der Waals surface area contributed by atoms with E-state index in [1.807, 2.05) is 30.3 Å². The van der Waals surface area contributed by atoms with Crippen molar-refractivity contribution in [3.63, 3.8) is 0 Å². The lowest BCUT2D eigenvalue weighted by Crippen LogP contribution is -2.47. The molecule has 3 aromatic rings. The van der Waals surface area contributed by atoms with E-state index in [0.29, 0.717) is 5.82 Å². The van der Waals surface area contributed by atoms with Gasteiger partial charge in [0.2, 0.25) is 5.82 Å². The van der Waals surface area contributed by atoms with Crippen molar-refractivity contribution in [2.75, 3.05) is 32.7 Å². The van der Waals surface area contributed by atoms with Crippen molar-refractivity contribution in [2.45, 2.75) is 6.04 Å². The van der Waals surface area contributed by atoms with Crippen LogP contribution < -0.4 is 0 Å². The average molecular weight is 376 g/mol. The molecule has 1 atom stereocenters. The maximum absolute atomic E-state index is 10.0. The maximum Gasteiger partial charge on any atom is 0.204 e. The molecule has 2 heterocycles. The minimum atomic E-state index is 0.0808. The number of aromatic amines is 1. The van der Waals surface area contributed by atoms with Gasteiger partial charge in [-0.1, -0.05) is 42.5 Å². The Bertz CT molecular complexity index is 901. The Morgan fingerprint density at radius 3 is 2.50 bits per heavy atom. The number of phenolic OH excluding ortho intramolecular Hbond substituents is 1. The molecule has 0 radical (unpaired) electrons. The Morgan fingerprint density at radius 1 is 1.07 bits per heavy atom. The summed E-state index contributed by atoms with van der Waals surface area (Å²) in [5.41, 5.74) is 3.18. The van der Waals surface area contributed by atoms with Gasteiger partial charge in [-0.3, -0.25) is 9.80 Å². The number of H-pyrrole nitrogens is 1. The summed E-state index contributed by atoms with van der Waals surface area (Å²) in [4.78, 5) is 4.88. The first kappa shape index (κ1) is 18.3. The number of tetrazole rings is 1. The molecule has 0 saturated carbocycles. The molecule has 1 saturated heterocycles. The van der Waals surface area contributed by atoms with Crippen LogP contribution in [-0.2, 0) is 0 Å². The highest BCUT2D eigenvalue weighted by Crippen LogP contribution is 2.32. The first-order valence-corrected chi connectivity index (χ1v) is 9.44. The highest BCUT2D eigenvalue weighted by Gasteiger charge is 2.26. The quantitative estimate of drug-likeness (QED) is 0.643. The molecule has 0 amide bonds. The number of phenols is 1. The van der Waals surface area contributed by atoms with Crippen LogP contribution in [0.3, 0.4) is 0 Å². The molecule has 1 aromatic heterocycles. The number of hydrogen-bond acceptors (Lipinski definition) is 6. The largest absolute Gasteiger partial charge is 0.508 e. The van der Waals surface area contributed by atoms with Crippen LogP contribution in [0.5, 0.6) is 5.75 Å². The summed E-state index contributed by atoms with van der Waals surface area (Å²) in [5, 5.41) is 24.2. The predicted molar refractivity (Wildman–Crippen MR) is 108 cm³/mol. The zero-order chi connectivity index (χ0) is 19.3. The van der Waals surface area contributed by atoms with E-state index < -0.39 is 0 Å². The van der Waals surface area contributed by atoms with Gasteiger partial charge in [0.1, 0.15) is 5.75 Å². The molecule has 0 aliphatic carbocycles. The summed E-state index contributed by atoms with van der Waals surface area (Å²) in [6, 6.07) is 15.9. The molecule has 28 heavy (non-hydrogen) atoms. The molecule has 144 valence electrons. The topological polar surface area (TPSA) is 81.2 Å². The second kappa shape index (κ2) is 8.33. The van der Waals surface area contributed by atoms with E-state index in [9.17, 15) is 5.11 Å². The molecule has 1 unspecified atom stereocenters. The molecule has 7 heteroatoms. The van der Waals surface area contributed by atoms with Gasteiger partial charge in [0.05, 0.1) is 6.04 Å². The van der Waals surface area contributed by atoms with Crippen molar-refractivity contribution in [3.8, 4) is 17.1 Å². The van der Waals surface area contributed by atoms with Crippen LogP contribution in [0.2, 0.25) is 0 Å². The summed E-state index contributed by atoms with van der Waals surface area (Å²) in [7, 11) is 0. The normalized spacial score (nSPS) is 16.7. The van der Waals surface area contributed by atoms with Crippen molar-refractivity contribution < 1.29 is 5.11 Å². The molecule has 4 rings (SSSR count). The molecule has 0 spiro atoms. The number of rotatable bonds is 6. The average Bonchev–Trinajstić information content (AvgIpc) is 3.25. The lowest BCUT2D eigenvalue weighted by Gasteiger charge is -2.39. The standard InChI is InChI=1S/C21H24N6O/c1-2-10-26-11-13-27(14-12-26)20(18-4-3-5-19(28)15-18)16-6-8-17(9-7-16)21-22-24-25-23-21/h2-9,15,20,28H,1,10-14H2,(H,22,23,24,25). The van der Waals surface area contributed by atoms with Gasteiger partial charge in [-0.2, -0.15) is 5.21 Å². The molecule has 2 aromatic carbocycles. The molecule has 2 N–H and O–H groups in total. The van der Waals surface area contributed by atoms with Gasteiger partial charge in [0, 0.05) is 38.3 Å². The Kier molecular flexibility index (Phi) is 5.45. The third-order valence-electron chi connectivity index (χ3n) is 5.18. The summed E-state index contributed by atoms with van der Waals surface area (Å²) < 4.78 is 0. The SMILES string of the molecule is C=CCN1CCN(C(c2ccc(-c3nn[nH]n3)cc2)c2cccc(O)c2)CC1. The number of aromatic hydroxyl groups is 1. The fraction of sp³-hybridized carbons (Fsp3) is 0.286. The van der Waals surface area contributed by atoms with Gasteiger partial charge >= 0.3 is 0 Å². The minimum absolute atomic E-state index is 0.0808. The molecule has 1 aliphatic heterocycles. The third kappa shape index (κ3) is 3.95. The van der Waals surface area contributed by atoms with Crippen LogP contribution in [0, 0.1) is 0 Å². The van der Waals surface area contributed by atoms with E-state index in [2.05, 4.69) is 55.2 Å². The first-order valence-electron chi connectivity index (χ1n) is 9.44. The van der Waals surface area contributed by atoms with Gasteiger partial charge in [0.15, 0.2) is 0 Å². The van der Waals surface area contributed by atoms with Crippen LogP contribution >= 0.6 is 0 Å². The molecular weight excluding hydrogens is 352 g/mol. The van der Waals surface area contributed by atoms with Crippen molar-refractivity contribution in [1.29, 1.82) is 0 Å². The molecule has 1 aliphatic rings. The molecule has 7 nitrogen and oxygen atoms in total. The zero-order valence-corrected chi connectivity index (χ0v) is 15.7. The number of piperazine rings is 1. The third-order valence-corrected chi connectivity index (χ3v) is 5.18. The predicted octanol–water partition coefficient (Wildman–Crippen LogP) is 2.47. The van der Waals surface area contributed by atoms with Gasteiger partial charge in [0.25, 0.3) is 0 Å². The number of aromatic nitrogens is 4. The number of benzene rings is 2. The van der Waals surface area contributed by atoms with Gasteiger partial charge in [-0.15, -0.1) is 16.8 Å². The smallest absolute Gasteiger partial charge is 0.204 e. The number of nitrogens with one attached hydrogen (secondary N) is 1. The van der Waals surface area contributed by atoms with Crippen molar-refractivity contribution in [3.05, 3.63) is 72.3 Å². The van der Waals surface area contributed by atoms with E-state index in [0.717, 1.165) is 43.9 Å². The van der Waals surface area contributed by atoms with E-state index in [1.165, 1.54) is 5.56 Å². The first-order chi connectivity index (χ1) is 13.7. The Labute approximate surface area is 164 Å². The Hall–Kier alpha value is -3.03. The highest BCUT2D eigenvalue weighted by molar-refractivity contribution is 5.55. The summed E-state index contributed by atoms with van der Waals surface area (Å²) in [6.45, 7) is 8.69. The Morgan fingerprint density at radius 2 is 1.86 bits per heavy atom. The van der Waals surface area contributed by atoms with Crippen LogP contribution in [0.25, 0.3) is 11.4 Å². The fourth-order valence-corrected chi connectivity index (χ4v) is 3.79. The van der Waals surface area contributed by atoms with Crippen LogP contribution in [-0.4, -0.2) is 68.3 Å². The monoisotopic (exact) mass is 376 g/mol. The van der Waals surface area contributed by atoms with E-state index in [4.69, 9.17) is 0 Å². The van der Waals surface area contributed by atoms with E-state index in [-0.39, 0.29) is 11.8 Å².